The van der Waals surface area contributed by atoms with Crippen molar-refractivity contribution in [3.05, 3.63) is 46.1 Å². The Labute approximate surface area is 137 Å². The molecule has 1 heterocycles. The van der Waals surface area contributed by atoms with Crippen molar-refractivity contribution in [1.29, 1.82) is 0 Å². The van der Waals surface area contributed by atoms with Gasteiger partial charge in [0, 0.05) is 11.6 Å². The van der Waals surface area contributed by atoms with E-state index >= 15 is 0 Å². The second kappa shape index (κ2) is 6.12. The summed E-state index contributed by atoms with van der Waals surface area (Å²) in [7, 11) is 0. The molecule has 1 saturated carbocycles. The van der Waals surface area contributed by atoms with Gasteiger partial charge < -0.3 is 10.6 Å². The monoisotopic (exact) mass is 332 g/mol. The summed E-state index contributed by atoms with van der Waals surface area (Å²) < 4.78 is 13.3. The van der Waals surface area contributed by atoms with Gasteiger partial charge in [0.15, 0.2) is 0 Å². The Hall–Kier alpha value is -2.21. The first-order valence-electron chi connectivity index (χ1n) is 7.43. The SMILES string of the molecule is Cc1ccc(F)cc1NC(=O)c1sc(NC(=O)C2CC2)cc1C. The molecule has 0 atom stereocenters. The van der Waals surface area contributed by atoms with E-state index < -0.39 is 5.82 Å². The first-order valence-corrected chi connectivity index (χ1v) is 8.24. The molecule has 0 unspecified atom stereocenters. The van der Waals surface area contributed by atoms with E-state index in [1.54, 1.807) is 19.1 Å². The van der Waals surface area contributed by atoms with Gasteiger partial charge >= 0.3 is 0 Å². The van der Waals surface area contributed by atoms with Gasteiger partial charge in [-0.3, -0.25) is 9.59 Å². The van der Waals surface area contributed by atoms with E-state index in [0.717, 1.165) is 24.0 Å². The quantitative estimate of drug-likeness (QED) is 0.885. The molecule has 0 spiro atoms. The summed E-state index contributed by atoms with van der Waals surface area (Å²) in [5, 5.41) is 6.24. The van der Waals surface area contributed by atoms with Gasteiger partial charge in [-0.2, -0.15) is 0 Å². The fraction of sp³-hybridized carbons (Fsp3) is 0.294. The Kier molecular flexibility index (Phi) is 4.17. The molecule has 0 aliphatic heterocycles. The van der Waals surface area contributed by atoms with Crippen molar-refractivity contribution in [3.63, 3.8) is 0 Å². The fourth-order valence-electron chi connectivity index (χ4n) is 2.25. The second-order valence-corrected chi connectivity index (χ2v) is 6.85. The highest BCUT2D eigenvalue weighted by Gasteiger charge is 2.30. The maximum absolute atomic E-state index is 13.3. The first kappa shape index (κ1) is 15.7. The van der Waals surface area contributed by atoms with Crippen molar-refractivity contribution in [3.8, 4) is 0 Å². The number of benzene rings is 1. The molecule has 23 heavy (non-hydrogen) atoms. The molecule has 0 bridgehead atoms. The number of hydrogen-bond donors (Lipinski definition) is 2. The maximum atomic E-state index is 13.3. The topological polar surface area (TPSA) is 58.2 Å². The van der Waals surface area contributed by atoms with Crippen molar-refractivity contribution in [2.75, 3.05) is 10.6 Å². The minimum absolute atomic E-state index is 0.0131. The lowest BCUT2D eigenvalue weighted by Gasteiger charge is -2.08. The summed E-state index contributed by atoms with van der Waals surface area (Å²) in [6.45, 7) is 3.62. The third kappa shape index (κ3) is 3.59. The van der Waals surface area contributed by atoms with Crippen molar-refractivity contribution >= 4 is 33.8 Å². The molecule has 1 fully saturated rings. The Morgan fingerprint density at radius 3 is 2.57 bits per heavy atom. The van der Waals surface area contributed by atoms with Gasteiger partial charge in [-0.15, -0.1) is 11.3 Å². The van der Waals surface area contributed by atoms with Crippen LogP contribution in [0.5, 0.6) is 0 Å². The number of amides is 2. The highest BCUT2D eigenvalue weighted by Crippen LogP contribution is 2.33. The molecule has 0 saturated heterocycles. The van der Waals surface area contributed by atoms with Crippen molar-refractivity contribution in [2.45, 2.75) is 26.7 Å². The first-order chi connectivity index (χ1) is 10.9. The van der Waals surface area contributed by atoms with Gasteiger partial charge in [-0.25, -0.2) is 4.39 Å². The molecule has 2 amide bonds. The molecule has 4 nitrogen and oxygen atoms in total. The lowest BCUT2D eigenvalue weighted by Crippen LogP contribution is -2.13. The summed E-state index contributed by atoms with van der Waals surface area (Å²) in [4.78, 5) is 24.7. The highest BCUT2D eigenvalue weighted by molar-refractivity contribution is 7.18. The summed E-state index contributed by atoms with van der Waals surface area (Å²) >= 11 is 1.23. The molecule has 1 aliphatic rings. The third-order valence-corrected chi connectivity index (χ3v) is 4.92. The number of thiophene rings is 1. The van der Waals surface area contributed by atoms with E-state index in [2.05, 4.69) is 10.6 Å². The normalized spacial score (nSPS) is 13.7. The zero-order chi connectivity index (χ0) is 16.6. The van der Waals surface area contributed by atoms with Gasteiger partial charge in [0.05, 0.1) is 9.88 Å². The molecule has 3 rings (SSSR count). The Morgan fingerprint density at radius 2 is 1.87 bits per heavy atom. The van der Waals surface area contributed by atoms with Crippen LogP contribution in [0.1, 0.15) is 33.6 Å². The summed E-state index contributed by atoms with van der Waals surface area (Å²) in [6, 6.07) is 6.06. The minimum atomic E-state index is -0.397. The van der Waals surface area contributed by atoms with Crippen LogP contribution < -0.4 is 10.6 Å². The van der Waals surface area contributed by atoms with Crippen molar-refractivity contribution in [2.24, 2.45) is 5.92 Å². The average Bonchev–Trinajstić information content (AvgIpc) is 3.27. The van der Waals surface area contributed by atoms with Crippen LogP contribution in [0.3, 0.4) is 0 Å². The largest absolute Gasteiger partial charge is 0.321 e. The number of anilines is 2. The molecule has 1 aromatic heterocycles. The Balaban J connectivity index is 1.75. The summed E-state index contributed by atoms with van der Waals surface area (Å²) in [6.07, 6.45) is 1.87. The predicted octanol–water partition coefficient (Wildman–Crippen LogP) is 4.10. The lowest BCUT2D eigenvalue weighted by molar-refractivity contribution is -0.117. The number of aryl methyl sites for hydroxylation is 2. The van der Waals surface area contributed by atoms with Crippen molar-refractivity contribution < 1.29 is 14.0 Å². The van der Waals surface area contributed by atoms with E-state index in [9.17, 15) is 14.0 Å². The zero-order valence-corrected chi connectivity index (χ0v) is 13.7. The number of carbonyl (C=O) groups excluding carboxylic acids is 2. The van der Waals surface area contributed by atoms with Gasteiger partial charge in [0.25, 0.3) is 5.91 Å². The number of halogens is 1. The zero-order valence-electron chi connectivity index (χ0n) is 12.9. The average molecular weight is 332 g/mol. The standard InChI is InChI=1S/C17H17FN2O2S/c1-9-3-6-12(18)8-13(9)19-17(22)15-10(2)7-14(23-15)20-16(21)11-4-5-11/h3,6-8,11H,4-5H2,1-2H3,(H,19,22)(H,20,21). The molecule has 120 valence electrons. The molecule has 6 heteroatoms. The van der Waals surface area contributed by atoms with E-state index in [1.165, 1.54) is 23.5 Å². The third-order valence-electron chi connectivity index (χ3n) is 3.77. The highest BCUT2D eigenvalue weighted by atomic mass is 32.1. The number of hydrogen-bond acceptors (Lipinski definition) is 3. The van der Waals surface area contributed by atoms with Crippen LogP contribution in [0.4, 0.5) is 15.1 Å². The number of rotatable bonds is 4. The molecule has 1 aromatic carbocycles. The van der Waals surface area contributed by atoms with Crippen LogP contribution >= 0.6 is 11.3 Å². The molecular weight excluding hydrogens is 315 g/mol. The maximum Gasteiger partial charge on any atom is 0.266 e. The minimum Gasteiger partial charge on any atom is -0.321 e. The Morgan fingerprint density at radius 1 is 1.13 bits per heavy atom. The van der Waals surface area contributed by atoms with Gasteiger partial charge in [-0.1, -0.05) is 6.07 Å². The van der Waals surface area contributed by atoms with E-state index in [-0.39, 0.29) is 17.7 Å². The van der Waals surface area contributed by atoms with E-state index in [4.69, 9.17) is 0 Å². The van der Waals surface area contributed by atoms with Crippen LogP contribution in [-0.2, 0) is 4.79 Å². The molecule has 2 aromatic rings. The molecular formula is C17H17FN2O2S. The lowest BCUT2D eigenvalue weighted by atomic mass is 10.2. The van der Waals surface area contributed by atoms with Crippen LogP contribution in [0, 0.1) is 25.6 Å². The molecule has 1 aliphatic carbocycles. The summed E-state index contributed by atoms with van der Waals surface area (Å²) in [5.41, 5.74) is 2.02. The van der Waals surface area contributed by atoms with Gasteiger partial charge in [0.2, 0.25) is 5.91 Å². The second-order valence-electron chi connectivity index (χ2n) is 5.80. The van der Waals surface area contributed by atoms with E-state index in [1.807, 2.05) is 6.92 Å². The van der Waals surface area contributed by atoms with Gasteiger partial charge in [-0.05, 0) is 56.0 Å². The van der Waals surface area contributed by atoms with Crippen molar-refractivity contribution in [1.82, 2.24) is 0 Å². The van der Waals surface area contributed by atoms with Crippen LogP contribution in [0.15, 0.2) is 24.3 Å². The fourth-order valence-corrected chi connectivity index (χ4v) is 3.22. The van der Waals surface area contributed by atoms with Gasteiger partial charge in [0.1, 0.15) is 5.82 Å². The van der Waals surface area contributed by atoms with E-state index in [0.29, 0.717) is 15.6 Å². The van der Waals surface area contributed by atoms with Crippen LogP contribution in [0.25, 0.3) is 0 Å². The molecule has 0 radical (unpaired) electrons. The smallest absolute Gasteiger partial charge is 0.266 e. The number of nitrogens with one attached hydrogen (secondary N) is 2. The summed E-state index contributed by atoms with van der Waals surface area (Å²) in [5.74, 6) is -0.567. The van der Waals surface area contributed by atoms with Crippen LogP contribution in [0.2, 0.25) is 0 Å². The number of carbonyl (C=O) groups is 2. The molecule has 2 N–H and O–H groups in total. The van der Waals surface area contributed by atoms with Crippen LogP contribution in [-0.4, -0.2) is 11.8 Å². The predicted molar refractivity (Wildman–Crippen MR) is 89.5 cm³/mol. The Bertz CT molecular complexity index is 781.